The summed E-state index contributed by atoms with van der Waals surface area (Å²) >= 11 is 2.73. The predicted molar refractivity (Wildman–Crippen MR) is 174 cm³/mol. The maximum absolute atomic E-state index is 13.8. The SMILES string of the molecule is CCOc1ccc(C2C(=C(O)c3ccc4c(c3)CC(C)O4)C(=O)C(=O)N2c2nnc(SCc3ccc(C)cc3)s2)cc1OCC. The Morgan fingerprint density at radius 1 is 1.02 bits per heavy atom. The Morgan fingerprint density at radius 3 is 2.53 bits per heavy atom. The number of amides is 1. The van der Waals surface area contributed by atoms with Crippen molar-refractivity contribution in [1.82, 2.24) is 10.2 Å². The minimum absolute atomic E-state index is 0.0132. The summed E-state index contributed by atoms with van der Waals surface area (Å²) in [6.45, 7) is 8.58. The number of hydrogen-bond acceptors (Lipinski definition) is 10. The fourth-order valence-electron chi connectivity index (χ4n) is 5.50. The number of Topliss-reactive ketones (excluding diaryl/α,β-unsaturated/α-hetero) is 1. The molecule has 0 saturated carbocycles. The number of aryl methyl sites for hydroxylation is 1. The van der Waals surface area contributed by atoms with Crippen LogP contribution >= 0.6 is 23.1 Å². The number of rotatable bonds is 10. The molecule has 1 aromatic heterocycles. The highest BCUT2D eigenvalue weighted by atomic mass is 32.2. The van der Waals surface area contributed by atoms with Gasteiger partial charge in [0.1, 0.15) is 17.6 Å². The third-order valence-corrected chi connectivity index (χ3v) is 9.71. The van der Waals surface area contributed by atoms with Crippen LogP contribution in [0.5, 0.6) is 17.2 Å². The number of fused-ring (bicyclic) bond motifs is 1. The fourth-order valence-corrected chi connectivity index (χ4v) is 7.32. The number of carbonyl (C=O) groups is 2. The molecule has 9 nitrogen and oxygen atoms in total. The van der Waals surface area contributed by atoms with Gasteiger partial charge in [-0.1, -0.05) is 59.0 Å². The smallest absolute Gasteiger partial charge is 0.301 e. The van der Waals surface area contributed by atoms with Crippen LogP contribution in [0.15, 0.2) is 70.6 Å². The first-order valence-corrected chi connectivity index (χ1v) is 16.6. The maximum Gasteiger partial charge on any atom is 0.301 e. The molecule has 0 bridgehead atoms. The summed E-state index contributed by atoms with van der Waals surface area (Å²) in [6.07, 6.45) is 0.692. The maximum atomic E-state index is 13.8. The van der Waals surface area contributed by atoms with E-state index in [1.807, 2.05) is 33.8 Å². The van der Waals surface area contributed by atoms with E-state index in [9.17, 15) is 14.7 Å². The standard InChI is InChI=1S/C34H33N3O6S2/c1-5-41-26-14-11-22(17-27(26)42-6-2)29-28(30(38)23-12-13-25-24(16-23)15-20(4)43-25)31(39)32(40)37(29)33-35-36-34(45-33)44-18-21-9-7-19(3)8-10-21/h7-14,16-17,20,29,38H,5-6,15,18H2,1-4H3. The van der Waals surface area contributed by atoms with Crippen LogP contribution in [0.4, 0.5) is 5.13 Å². The third kappa shape index (κ3) is 6.14. The van der Waals surface area contributed by atoms with Crippen LogP contribution in [0.25, 0.3) is 5.76 Å². The van der Waals surface area contributed by atoms with Gasteiger partial charge < -0.3 is 19.3 Å². The van der Waals surface area contributed by atoms with Crippen LogP contribution < -0.4 is 19.1 Å². The first-order chi connectivity index (χ1) is 21.8. The Balaban J connectivity index is 1.42. The number of carbonyl (C=O) groups excluding carboxylic acids is 2. The minimum Gasteiger partial charge on any atom is -0.507 e. The number of aromatic nitrogens is 2. The molecule has 3 heterocycles. The molecule has 0 spiro atoms. The van der Waals surface area contributed by atoms with E-state index in [-0.39, 0.29) is 22.6 Å². The molecule has 1 amide bonds. The van der Waals surface area contributed by atoms with Gasteiger partial charge in [0.25, 0.3) is 5.78 Å². The summed E-state index contributed by atoms with van der Waals surface area (Å²) in [5, 5.41) is 20.6. The average molecular weight is 644 g/mol. The van der Waals surface area contributed by atoms with Crippen LogP contribution in [0.2, 0.25) is 0 Å². The highest BCUT2D eigenvalue weighted by molar-refractivity contribution is 8.00. The Morgan fingerprint density at radius 2 is 1.78 bits per heavy atom. The molecule has 1 saturated heterocycles. The lowest BCUT2D eigenvalue weighted by Crippen LogP contribution is -2.29. The van der Waals surface area contributed by atoms with Gasteiger partial charge >= 0.3 is 5.91 Å². The minimum atomic E-state index is -0.980. The Bertz CT molecular complexity index is 1780. The molecule has 2 aliphatic heterocycles. The summed E-state index contributed by atoms with van der Waals surface area (Å²) in [5.41, 5.74) is 4.19. The van der Waals surface area contributed by atoms with Crippen molar-refractivity contribution in [1.29, 1.82) is 0 Å². The van der Waals surface area contributed by atoms with Gasteiger partial charge in [-0.2, -0.15) is 0 Å². The average Bonchev–Trinajstić information content (AvgIpc) is 3.72. The lowest BCUT2D eigenvalue weighted by atomic mass is 9.94. The van der Waals surface area contributed by atoms with E-state index in [2.05, 4.69) is 34.5 Å². The number of aliphatic hydroxyl groups is 1. The van der Waals surface area contributed by atoms with Gasteiger partial charge in [-0.3, -0.25) is 14.5 Å². The summed E-state index contributed by atoms with van der Waals surface area (Å²) in [4.78, 5) is 28.8. The van der Waals surface area contributed by atoms with Crippen molar-refractivity contribution in [3.63, 3.8) is 0 Å². The Labute approximate surface area is 269 Å². The van der Waals surface area contributed by atoms with Crippen LogP contribution in [0.1, 0.15) is 54.6 Å². The van der Waals surface area contributed by atoms with Crippen molar-refractivity contribution < 1.29 is 28.9 Å². The number of benzene rings is 3. The monoisotopic (exact) mass is 643 g/mol. The van der Waals surface area contributed by atoms with Gasteiger partial charge in [0.15, 0.2) is 15.8 Å². The molecule has 11 heteroatoms. The summed E-state index contributed by atoms with van der Waals surface area (Å²) in [6, 6.07) is 17.8. The molecular weight excluding hydrogens is 611 g/mol. The second kappa shape index (κ2) is 12.9. The molecule has 1 fully saturated rings. The molecule has 2 aliphatic rings. The lowest BCUT2D eigenvalue weighted by molar-refractivity contribution is -0.132. The van der Waals surface area contributed by atoms with Gasteiger partial charge in [-0.05, 0) is 74.7 Å². The number of aliphatic hydroxyl groups excluding tert-OH is 1. The Kier molecular flexibility index (Phi) is 8.82. The van der Waals surface area contributed by atoms with Crippen molar-refractivity contribution in [2.24, 2.45) is 0 Å². The van der Waals surface area contributed by atoms with E-state index in [1.165, 1.54) is 33.6 Å². The van der Waals surface area contributed by atoms with E-state index in [1.54, 1.807) is 30.3 Å². The first-order valence-electron chi connectivity index (χ1n) is 14.8. The number of ketones is 1. The van der Waals surface area contributed by atoms with Crippen molar-refractivity contribution >= 4 is 45.7 Å². The summed E-state index contributed by atoms with van der Waals surface area (Å²) < 4.78 is 18.1. The van der Waals surface area contributed by atoms with Crippen molar-refractivity contribution in [2.45, 2.75) is 56.4 Å². The van der Waals surface area contributed by atoms with Crippen LogP contribution in [0.3, 0.4) is 0 Å². The van der Waals surface area contributed by atoms with Crippen molar-refractivity contribution in [3.05, 3.63) is 94.1 Å². The third-order valence-electron chi connectivity index (χ3n) is 7.58. The molecule has 6 rings (SSSR count). The molecule has 1 N–H and O–H groups in total. The van der Waals surface area contributed by atoms with Gasteiger partial charge in [0, 0.05) is 17.7 Å². The normalized spacial score (nSPS) is 18.6. The van der Waals surface area contributed by atoms with Crippen LogP contribution in [-0.4, -0.2) is 46.3 Å². The van der Waals surface area contributed by atoms with E-state index < -0.39 is 17.7 Å². The largest absolute Gasteiger partial charge is 0.507 e. The zero-order valence-corrected chi connectivity index (χ0v) is 27.0. The van der Waals surface area contributed by atoms with Crippen molar-refractivity contribution in [2.75, 3.05) is 18.1 Å². The number of nitrogens with zero attached hydrogens (tertiary/aromatic N) is 3. The quantitative estimate of drug-likeness (QED) is 0.0650. The topological polar surface area (TPSA) is 111 Å². The van der Waals surface area contributed by atoms with Crippen LogP contribution in [-0.2, 0) is 21.8 Å². The van der Waals surface area contributed by atoms with E-state index >= 15 is 0 Å². The van der Waals surface area contributed by atoms with Gasteiger partial charge in [-0.15, -0.1) is 10.2 Å². The zero-order chi connectivity index (χ0) is 31.7. The van der Waals surface area contributed by atoms with Gasteiger partial charge in [0.2, 0.25) is 5.13 Å². The highest BCUT2D eigenvalue weighted by Crippen LogP contribution is 2.46. The molecule has 232 valence electrons. The molecule has 2 unspecified atom stereocenters. The molecular formula is C34H33N3O6S2. The summed E-state index contributed by atoms with van der Waals surface area (Å²) in [7, 11) is 0. The summed E-state index contributed by atoms with van der Waals surface area (Å²) in [5.74, 6) is 0.559. The van der Waals surface area contributed by atoms with Gasteiger partial charge in [-0.25, -0.2) is 0 Å². The number of anilines is 1. The molecule has 0 radical (unpaired) electrons. The first kappa shape index (κ1) is 30.7. The Hall–Kier alpha value is -4.35. The fraction of sp³-hybridized carbons (Fsp3) is 0.294. The molecule has 4 aromatic rings. The highest BCUT2D eigenvalue weighted by Gasteiger charge is 2.48. The molecule has 2 atom stereocenters. The molecule has 3 aromatic carbocycles. The van der Waals surface area contributed by atoms with E-state index in [0.29, 0.717) is 52.4 Å². The van der Waals surface area contributed by atoms with E-state index in [0.717, 1.165) is 16.9 Å². The van der Waals surface area contributed by atoms with Crippen molar-refractivity contribution in [3.8, 4) is 17.2 Å². The number of thioether (sulfide) groups is 1. The zero-order valence-electron chi connectivity index (χ0n) is 25.4. The van der Waals surface area contributed by atoms with E-state index in [4.69, 9.17) is 14.2 Å². The lowest BCUT2D eigenvalue weighted by Gasteiger charge is -2.23. The molecule has 0 aliphatic carbocycles. The second-order valence-corrected chi connectivity index (χ2v) is 13.0. The number of ether oxygens (including phenoxy) is 3. The number of hydrogen-bond donors (Lipinski definition) is 1. The second-order valence-electron chi connectivity index (χ2n) is 10.8. The van der Waals surface area contributed by atoms with Gasteiger partial charge in [0.05, 0.1) is 24.8 Å². The predicted octanol–water partition coefficient (Wildman–Crippen LogP) is 6.89. The van der Waals surface area contributed by atoms with Crippen LogP contribution in [0, 0.1) is 6.92 Å². The molecule has 45 heavy (non-hydrogen) atoms.